The molecule has 3 aliphatic carbocycles. The zero-order valence-electron chi connectivity index (χ0n) is 22.3. The third kappa shape index (κ3) is 4.08. The minimum Gasteiger partial charge on any atom is -0.480 e. The Hall–Kier alpha value is -4.28. The molecule has 1 atom stereocenters. The highest BCUT2D eigenvalue weighted by Gasteiger charge is 2.75. The first-order valence-electron chi connectivity index (χ1n) is 13.3. The van der Waals surface area contributed by atoms with E-state index in [9.17, 15) is 41.4 Å². The molecule has 2 N–H and O–H groups in total. The molecule has 3 saturated carbocycles. The fourth-order valence-electron chi connectivity index (χ4n) is 6.88. The number of aryl methyl sites for hydroxylation is 1. The van der Waals surface area contributed by atoms with Crippen LogP contribution >= 0.6 is 0 Å². The first-order chi connectivity index (χ1) is 19.8. The number of pyridine rings is 1. The Bertz CT molecular complexity index is 1830. The number of carbonyl (C=O) groups excluding carboxylic acids is 1. The highest BCUT2D eigenvalue weighted by Crippen LogP contribution is 2.75. The van der Waals surface area contributed by atoms with Crippen molar-refractivity contribution in [2.75, 3.05) is 0 Å². The SMILES string of the molecule is Cn1c(=O)c(-c2cccc3c(C[C@H](NC(=O)C45CC(C(F)F)(C4)C5)C(=O)O)cccc23)c(C(F)(F)F)c2ccccc21. The van der Waals surface area contributed by atoms with E-state index in [1.165, 1.54) is 41.9 Å². The van der Waals surface area contributed by atoms with Gasteiger partial charge in [0.1, 0.15) is 6.04 Å². The molecule has 0 saturated heterocycles. The molecule has 4 aromatic rings. The van der Waals surface area contributed by atoms with Gasteiger partial charge >= 0.3 is 12.1 Å². The van der Waals surface area contributed by atoms with E-state index in [1.54, 1.807) is 30.3 Å². The van der Waals surface area contributed by atoms with Gasteiger partial charge in [0, 0.05) is 24.3 Å². The van der Waals surface area contributed by atoms with Gasteiger partial charge in [-0.15, -0.1) is 0 Å². The summed E-state index contributed by atoms with van der Waals surface area (Å²) < 4.78 is 71.2. The number of rotatable bonds is 7. The molecule has 1 amide bonds. The van der Waals surface area contributed by atoms with Crippen molar-refractivity contribution in [1.29, 1.82) is 0 Å². The van der Waals surface area contributed by atoms with Gasteiger partial charge in [-0.1, -0.05) is 54.6 Å². The van der Waals surface area contributed by atoms with Crippen molar-refractivity contribution < 1.29 is 36.6 Å². The average Bonchev–Trinajstić information content (AvgIpc) is 2.87. The molecule has 42 heavy (non-hydrogen) atoms. The number of aromatic nitrogens is 1. The van der Waals surface area contributed by atoms with Crippen molar-refractivity contribution in [2.45, 2.75) is 44.3 Å². The van der Waals surface area contributed by atoms with Crippen LogP contribution < -0.4 is 10.9 Å². The van der Waals surface area contributed by atoms with Gasteiger partial charge in [-0.05, 0) is 47.2 Å². The fraction of sp³-hybridized carbons (Fsp3) is 0.323. The van der Waals surface area contributed by atoms with Crippen LogP contribution in [0.15, 0.2) is 65.5 Å². The number of hydrogen-bond acceptors (Lipinski definition) is 3. The summed E-state index contributed by atoms with van der Waals surface area (Å²) in [5.41, 5.74) is -3.97. The highest BCUT2D eigenvalue weighted by atomic mass is 19.4. The number of carboxylic acids is 1. The maximum absolute atomic E-state index is 14.5. The number of carbonyl (C=O) groups is 2. The van der Waals surface area contributed by atoms with Crippen molar-refractivity contribution in [3.63, 3.8) is 0 Å². The maximum Gasteiger partial charge on any atom is 0.417 e. The van der Waals surface area contributed by atoms with E-state index in [1.807, 2.05) is 0 Å². The van der Waals surface area contributed by atoms with Crippen LogP contribution in [0.3, 0.4) is 0 Å². The number of para-hydroxylation sites is 1. The molecule has 3 aromatic carbocycles. The Kier molecular flexibility index (Phi) is 6.22. The Balaban J connectivity index is 1.41. The minimum absolute atomic E-state index is 0.00964. The van der Waals surface area contributed by atoms with Gasteiger partial charge in [0.2, 0.25) is 12.3 Å². The second kappa shape index (κ2) is 9.37. The minimum atomic E-state index is -4.86. The van der Waals surface area contributed by atoms with Crippen LogP contribution in [0.5, 0.6) is 0 Å². The lowest BCUT2D eigenvalue weighted by molar-refractivity contribution is -0.256. The second-order valence-corrected chi connectivity index (χ2v) is 11.5. The summed E-state index contributed by atoms with van der Waals surface area (Å²) in [6, 6.07) is 13.6. The lowest BCUT2D eigenvalue weighted by Gasteiger charge is -2.68. The Morgan fingerprint density at radius 2 is 1.57 bits per heavy atom. The predicted molar refractivity (Wildman–Crippen MR) is 145 cm³/mol. The number of carboxylic acid groups (broad SMARTS) is 1. The quantitative estimate of drug-likeness (QED) is 0.264. The van der Waals surface area contributed by atoms with E-state index >= 15 is 0 Å². The number of hydrogen-bond donors (Lipinski definition) is 2. The molecule has 0 radical (unpaired) electrons. The molecule has 1 heterocycles. The van der Waals surface area contributed by atoms with Crippen LogP contribution in [0, 0.1) is 10.8 Å². The number of aliphatic carboxylic acids is 1. The predicted octanol–water partition coefficient (Wildman–Crippen LogP) is 5.92. The number of amides is 1. The topological polar surface area (TPSA) is 88.4 Å². The molecule has 11 heteroatoms. The van der Waals surface area contributed by atoms with Gasteiger partial charge in [0.05, 0.1) is 22.1 Å². The van der Waals surface area contributed by atoms with E-state index in [0.717, 1.165) is 0 Å². The summed E-state index contributed by atoms with van der Waals surface area (Å²) in [6.07, 6.45) is -7.57. The van der Waals surface area contributed by atoms with E-state index in [2.05, 4.69) is 5.32 Å². The first kappa shape index (κ1) is 27.9. The normalized spacial score (nSPS) is 22.1. The summed E-state index contributed by atoms with van der Waals surface area (Å²) in [6.45, 7) is 0. The fourth-order valence-corrected chi connectivity index (χ4v) is 6.88. The van der Waals surface area contributed by atoms with Crippen LogP contribution in [0.1, 0.15) is 30.4 Å². The van der Waals surface area contributed by atoms with Crippen molar-refractivity contribution in [3.8, 4) is 11.1 Å². The van der Waals surface area contributed by atoms with E-state index in [4.69, 9.17) is 0 Å². The molecule has 6 nitrogen and oxygen atoms in total. The standard InChI is InChI=1S/C31H25F5N2O4/c1-38-22-11-3-2-7-20(22)24(31(34,35)36)23(25(38)39)19-10-5-8-17-16(6-4-9-18(17)19)12-21(26(40)41)37-28(42)30-13-29(14-30,15-30)27(32)33/h2-11,21,27H,12-15H2,1H3,(H,37,42)(H,40,41)/t21-,29?,30?/m0/s1. The smallest absolute Gasteiger partial charge is 0.417 e. The summed E-state index contributed by atoms with van der Waals surface area (Å²) in [5, 5.41) is 13.0. The number of halogens is 5. The van der Waals surface area contributed by atoms with Gasteiger partial charge in [-0.25, -0.2) is 13.6 Å². The largest absolute Gasteiger partial charge is 0.480 e. The molecule has 218 valence electrons. The van der Waals surface area contributed by atoms with Crippen LogP contribution in [0.25, 0.3) is 32.8 Å². The molecule has 2 bridgehead atoms. The molecule has 3 aliphatic rings. The zero-order valence-corrected chi connectivity index (χ0v) is 22.3. The number of fused-ring (bicyclic) bond motifs is 2. The molecular weight excluding hydrogens is 559 g/mol. The second-order valence-electron chi connectivity index (χ2n) is 11.5. The summed E-state index contributed by atoms with van der Waals surface area (Å²) in [5.74, 6) is -1.93. The molecule has 0 aliphatic heterocycles. The van der Waals surface area contributed by atoms with Crippen LogP contribution in [0.2, 0.25) is 0 Å². The third-order valence-electron chi connectivity index (χ3n) is 8.91. The van der Waals surface area contributed by atoms with Gasteiger partial charge < -0.3 is 15.0 Å². The van der Waals surface area contributed by atoms with E-state index in [-0.39, 0.29) is 42.1 Å². The molecule has 1 aromatic heterocycles. The summed E-state index contributed by atoms with van der Waals surface area (Å²) in [7, 11) is 1.40. The van der Waals surface area contributed by atoms with Crippen molar-refractivity contribution in [3.05, 3.63) is 82.1 Å². The summed E-state index contributed by atoms with van der Waals surface area (Å²) >= 11 is 0. The van der Waals surface area contributed by atoms with Gasteiger partial charge in [0.15, 0.2) is 0 Å². The van der Waals surface area contributed by atoms with Crippen LogP contribution in [-0.2, 0) is 29.2 Å². The van der Waals surface area contributed by atoms with Crippen molar-refractivity contribution in [2.24, 2.45) is 17.9 Å². The molecular formula is C31H25F5N2O4. The maximum atomic E-state index is 14.5. The lowest BCUT2D eigenvalue weighted by Crippen LogP contribution is -2.71. The number of benzene rings is 3. The van der Waals surface area contributed by atoms with Gasteiger partial charge in [-0.2, -0.15) is 13.2 Å². The van der Waals surface area contributed by atoms with E-state index in [0.29, 0.717) is 16.3 Å². The van der Waals surface area contributed by atoms with Crippen LogP contribution in [-0.4, -0.2) is 34.0 Å². The van der Waals surface area contributed by atoms with E-state index < -0.39 is 58.0 Å². The zero-order chi connectivity index (χ0) is 30.2. The number of alkyl halides is 5. The van der Waals surface area contributed by atoms with Crippen LogP contribution in [0.4, 0.5) is 22.0 Å². The number of nitrogens with zero attached hydrogens (tertiary/aromatic N) is 1. The lowest BCUT2D eigenvalue weighted by atomic mass is 9.35. The van der Waals surface area contributed by atoms with Gasteiger partial charge in [-0.3, -0.25) is 9.59 Å². The Labute approximate surface area is 235 Å². The first-order valence-corrected chi connectivity index (χ1v) is 13.3. The third-order valence-corrected chi connectivity index (χ3v) is 8.91. The average molecular weight is 585 g/mol. The van der Waals surface area contributed by atoms with Gasteiger partial charge in [0.25, 0.3) is 5.56 Å². The Morgan fingerprint density at radius 1 is 0.952 bits per heavy atom. The van der Waals surface area contributed by atoms with Crippen molar-refractivity contribution >= 4 is 33.6 Å². The highest BCUT2D eigenvalue weighted by molar-refractivity contribution is 6.02. The molecule has 0 spiro atoms. The Morgan fingerprint density at radius 3 is 2.21 bits per heavy atom. The monoisotopic (exact) mass is 584 g/mol. The number of nitrogens with one attached hydrogen (secondary N) is 1. The molecule has 0 unspecified atom stereocenters. The summed E-state index contributed by atoms with van der Waals surface area (Å²) in [4.78, 5) is 38.5. The molecule has 7 rings (SSSR count). The van der Waals surface area contributed by atoms with Crippen molar-refractivity contribution in [1.82, 2.24) is 9.88 Å². The molecule has 3 fully saturated rings.